The van der Waals surface area contributed by atoms with E-state index < -0.39 is 17.4 Å². The summed E-state index contributed by atoms with van der Waals surface area (Å²) in [5.74, 6) is -1.84. The zero-order chi connectivity index (χ0) is 16.6. The highest BCUT2D eigenvalue weighted by atomic mass is 127. The Balaban J connectivity index is 2.34. The topological polar surface area (TPSA) is 92.4 Å². The third-order valence-corrected chi connectivity index (χ3v) is 4.27. The number of hydrogen-bond acceptors (Lipinski definition) is 4. The molecule has 0 aliphatic rings. The molecule has 6 nitrogen and oxygen atoms in total. The minimum atomic E-state index is -1.34. The van der Waals surface area contributed by atoms with E-state index in [9.17, 15) is 19.8 Å². The molecule has 0 bridgehead atoms. The first-order chi connectivity index (χ1) is 11.0. The second-order valence-electron chi connectivity index (χ2n) is 4.91. The number of aromatic hydroxyl groups is 1. The van der Waals surface area contributed by atoms with Crippen LogP contribution in [0.5, 0.6) is 5.75 Å². The van der Waals surface area contributed by atoms with Crippen LogP contribution in [0.2, 0.25) is 0 Å². The van der Waals surface area contributed by atoms with Gasteiger partial charge in [-0.3, -0.25) is 4.79 Å². The number of carboxylic acid groups (broad SMARTS) is 1. The largest absolute Gasteiger partial charge is 0.504 e. The Morgan fingerprint density at radius 3 is 2.52 bits per heavy atom. The molecule has 3 rings (SSSR count). The summed E-state index contributed by atoms with van der Waals surface area (Å²) in [5, 5.41) is 20.0. The lowest BCUT2D eigenvalue weighted by atomic mass is 10.1. The summed E-state index contributed by atoms with van der Waals surface area (Å²) in [5.41, 5.74) is 0.257. The molecule has 2 aromatic heterocycles. The van der Waals surface area contributed by atoms with Crippen LogP contribution in [0.4, 0.5) is 0 Å². The molecule has 116 valence electrons. The van der Waals surface area contributed by atoms with Crippen LogP contribution in [-0.4, -0.2) is 25.7 Å². The molecule has 0 saturated heterocycles. The van der Waals surface area contributed by atoms with E-state index in [2.05, 4.69) is 4.98 Å². The molecule has 0 fully saturated rings. The number of benzene rings is 1. The van der Waals surface area contributed by atoms with Gasteiger partial charge in [0.05, 0.1) is 12.1 Å². The van der Waals surface area contributed by atoms with Gasteiger partial charge in [0.15, 0.2) is 11.4 Å². The SMILES string of the molecule is O=C(O)c1nc(I)c2ccc(=O)n(Cc3ccccc3)c2c1O. The number of hydrogen-bond donors (Lipinski definition) is 2. The van der Waals surface area contributed by atoms with Crippen LogP contribution in [0.25, 0.3) is 10.9 Å². The Labute approximate surface area is 144 Å². The molecule has 0 radical (unpaired) electrons. The average molecular weight is 422 g/mol. The van der Waals surface area contributed by atoms with E-state index in [0.29, 0.717) is 9.09 Å². The fraction of sp³-hybridized carbons (Fsp3) is 0.0625. The highest BCUT2D eigenvalue weighted by Gasteiger charge is 2.20. The summed E-state index contributed by atoms with van der Waals surface area (Å²) >= 11 is 1.89. The molecule has 2 N–H and O–H groups in total. The first-order valence-corrected chi connectivity index (χ1v) is 7.76. The zero-order valence-corrected chi connectivity index (χ0v) is 13.9. The van der Waals surface area contributed by atoms with E-state index in [4.69, 9.17) is 0 Å². The first kappa shape index (κ1) is 15.5. The zero-order valence-electron chi connectivity index (χ0n) is 11.7. The Kier molecular flexibility index (Phi) is 4.03. The molecule has 0 spiro atoms. The second-order valence-corrected chi connectivity index (χ2v) is 5.93. The van der Waals surface area contributed by atoms with Crippen molar-refractivity contribution in [3.63, 3.8) is 0 Å². The van der Waals surface area contributed by atoms with Crippen molar-refractivity contribution in [3.05, 3.63) is 67.8 Å². The van der Waals surface area contributed by atoms with Crippen molar-refractivity contribution in [1.29, 1.82) is 0 Å². The van der Waals surface area contributed by atoms with Gasteiger partial charge in [-0.25, -0.2) is 9.78 Å². The summed E-state index contributed by atoms with van der Waals surface area (Å²) < 4.78 is 1.77. The molecule has 1 aromatic carbocycles. The number of fused-ring (bicyclic) bond motifs is 1. The summed E-state index contributed by atoms with van der Waals surface area (Å²) in [6.07, 6.45) is 0. The molecular formula is C16H11IN2O4. The summed E-state index contributed by atoms with van der Waals surface area (Å²) in [7, 11) is 0. The third kappa shape index (κ3) is 2.79. The van der Waals surface area contributed by atoms with Gasteiger partial charge in [-0.15, -0.1) is 0 Å². The number of nitrogens with zero attached hydrogens (tertiary/aromatic N) is 2. The van der Waals surface area contributed by atoms with Crippen molar-refractivity contribution < 1.29 is 15.0 Å². The van der Waals surface area contributed by atoms with Crippen LogP contribution in [0.3, 0.4) is 0 Å². The molecule has 0 unspecified atom stereocenters. The minimum absolute atomic E-state index is 0.179. The average Bonchev–Trinajstić information content (AvgIpc) is 2.53. The second kappa shape index (κ2) is 5.99. The minimum Gasteiger partial charge on any atom is -0.504 e. The van der Waals surface area contributed by atoms with Gasteiger partial charge in [-0.05, 0) is 34.2 Å². The predicted octanol–water partition coefficient (Wildman–Crippen LogP) is 2.45. The van der Waals surface area contributed by atoms with Crippen LogP contribution in [-0.2, 0) is 6.54 Å². The molecule has 3 aromatic rings. The first-order valence-electron chi connectivity index (χ1n) is 6.68. The highest BCUT2D eigenvalue weighted by molar-refractivity contribution is 14.1. The summed E-state index contributed by atoms with van der Waals surface area (Å²) in [6, 6.07) is 12.2. The van der Waals surface area contributed by atoms with E-state index in [1.165, 1.54) is 10.6 Å². The fourth-order valence-electron chi connectivity index (χ4n) is 2.40. The van der Waals surface area contributed by atoms with Crippen molar-refractivity contribution in [1.82, 2.24) is 9.55 Å². The maximum atomic E-state index is 12.3. The molecule has 2 heterocycles. The van der Waals surface area contributed by atoms with Crippen molar-refractivity contribution in [2.24, 2.45) is 0 Å². The molecule has 0 atom stereocenters. The number of carbonyl (C=O) groups is 1. The Bertz CT molecular complexity index is 967. The van der Waals surface area contributed by atoms with Gasteiger partial charge in [0.1, 0.15) is 3.70 Å². The predicted molar refractivity (Wildman–Crippen MR) is 92.9 cm³/mol. The summed E-state index contributed by atoms with van der Waals surface area (Å²) in [6.45, 7) is 0.226. The standard InChI is InChI=1S/C16H11IN2O4/c17-15-10-6-7-11(20)19(8-9-4-2-1-3-5-9)13(10)14(21)12(18-15)16(22)23/h1-7,21H,8H2,(H,22,23). The van der Waals surface area contributed by atoms with Crippen LogP contribution < -0.4 is 5.56 Å². The molecule has 0 saturated carbocycles. The van der Waals surface area contributed by atoms with Crippen LogP contribution in [0.1, 0.15) is 16.1 Å². The van der Waals surface area contributed by atoms with Gasteiger partial charge in [0.2, 0.25) is 0 Å². The highest BCUT2D eigenvalue weighted by Crippen LogP contribution is 2.29. The van der Waals surface area contributed by atoms with Gasteiger partial charge in [-0.2, -0.15) is 0 Å². The monoisotopic (exact) mass is 422 g/mol. The van der Waals surface area contributed by atoms with E-state index in [1.54, 1.807) is 6.07 Å². The van der Waals surface area contributed by atoms with Crippen molar-refractivity contribution in [3.8, 4) is 5.75 Å². The van der Waals surface area contributed by atoms with Gasteiger partial charge in [0, 0.05) is 11.5 Å². The van der Waals surface area contributed by atoms with E-state index in [1.807, 2.05) is 52.9 Å². The van der Waals surface area contributed by atoms with E-state index in [0.717, 1.165) is 5.56 Å². The van der Waals surface area contributed by atoms with Crippen LogP contribution >= 0.6 is 22.6 Å². The Morgan fingerprint density at radius 2 is 1.87 bits per heavy atom. The molecule has 0 aliphatic heterocycles. The Hall–Kier alpha value is -2.42. The summed E-state index contributed by atoms with van der Waals surface area (Å²) in [4.78, 5) is 27.4. The van der Waals surface area contributed by atoms with Gasteiger partial charge >= 0.3 is 5.97 Å². The van der Waals surface area contributed by atoms with E-state index >= 15 is 0 Å². The Morgan fingerprint density at radius 1 is 1.17 bits per heavy atom. The number of carboxylic acids is 1. The van der Waals surface area contributed by atoms with Gasteiger partial charge < -0.3 is 14.8 Å². The van der Waals surface area contributed by atoms with Crippen LogP contribution in [0.15, 0.2) is 47.3 Å². The number of aromatic carboxylic acids is 1. The van der Waals surface area contributed by atoms with Crippen molar-refractivity contribution in [2.75, 3.05) is 0 Å². The molecule has 0 amide bonds. The smallest absolute Gasteiger partial charge is 0.358 e. The maximum Gasteiger partial charge on any atom is 0.358 e. The third-order valence-electron chi connectivity index (χ3n) is 3.45. The molecule has 7 heteroatoms. The van der Waals surface area contributed by atoms with Gasteiger partial charge in [-0.1, -0.05) is 30.3 Å². The normalized spacial score (nSPS) is 10.8. The van der Waals surface area contributed by atoms with Crippen molar-refractivity contribution in [2.45, 2.75) is 6.54 Å². The lowest BCUT2D eigenvalue weighted by Crippen LogP contribution is -2.21. The fourth-order valence-corrected chi connectivity index (χ4v) is 3.07. The molecule has 23 heavy (non-hydrogen) atoms. The number of rotatable bonds is 3. The maximum absolute atomic E-state index is 12.3. The number of halogens is 1. The number of aromatic nitrogens is 2. The van der Waals surface area contributed by atoms with Crippen LogP contribution in [0, 0.1) is 3.70 Å². The quantitative estimate of drug-likeness (QED) is 0.500. The lowest BCUT2D eigenvalue weighted by molar-refractivity contribution is 0.0687. The lowest BCUT2D eigenvalue weighted by Gasteiger charge is -2.13. The number of pyridine rings is 2. The molecular weight excluding hydrogens is 411 g/mol. The van der Waals surface area contributed by atoms with E-state index in [-0.39, 0.29) is 17.6 Å². The molecule has 0 aliphatic carbocycles. The van der Waals surface area contributed by atoms with Gasteiger partial charge in [0.25, 0.3) is 5.56 Å². The van der Waals surface area contributed by atoms with Crippen molar-refractivity contribution >= 4 is 39.5 Å².